The molecule has 1 saturated heterocycles. The summed E-state index contributed by atoms with van der Waals surface area (Å²) in [5.74, 6) is 0.287. The Morgan fingerprint density at radius 3 is 2.86 bits per heavy atom. The van der Waals surface area contributed by atoms with E-state index < -0.39 is 15.6 Å². The molecule has 3 rings (SSSR count). The van der Waals surface area contributed by atoms with Crippen LogP contribution in [-0.2, 0) is 10.0 Å². The quantitative estimate of drug-likeness (QED) is 0.825. The number of rotatable bonds is 3. The molecule has 1 aliphatic heterocycles. The van der Waals surface area contributed by atoms with Crippen molar-refractivity contribution in [3.05, 3.63) is 40.8 Å². The number of hydrogen-bond donors (Lipinski definition) is 2. The fourth-order valence-corrected chi connectivity index (χ4v) is 4.01. The van der Waals surface area contributed by atoms with Gasteiger partial charge in [0.05, 0.1) is 4.90 Å². The molecular weight excluding hydrogens is 304 g/mol. The molecular formula is C15H18N2O4S. The lowest BCUT2D eigenvalue weighted by atomic mass is 9.96. The van der Waals surface area contributed by atoms with Crippen LogP contribution in [0.2, 0.25) is 0 Å². The van der Waals surface area contributed by atoms with E-state index in [-0.39, 0.29) is 16.9 Å². The van der Waals surface area contributed by atoms with Crippen LogP contribution in [0.25, 0.3) is 11.0 Å². The number of piperidine rings is 1. The maximum atomic E-state index is 12.5. The van der Waals surface area contributed by atoms with Gasteiger partial charge < -0.3 is 9.73 Å². The van der Waals surface area contributed by atoms with E-state index in [0.29, 0.717) is 17.5 Å². The summed E-state index contributed by atoms with van der Waals surface area (Å²) in [6.45, 7) is 3.58. The molecule has 22 heavy (non-hydrogen) atoms. The summed E-state index contributed by atoms with van der Waals surface area (Å²) in [5, 5.41) is 3.78. The van der Waals surface area contributed by atoms with Gasteiger partial charge in [0.15, 0.2) is 0 Å². The second kappa shape index (κ2) is 5.83. The Morgan fingerprint density at radius 2 is 2.09 bits per heavy atom. The van der Waals surface area contributed by atoms with E-state index in [1.807, 2.05) is 6.92 Å². The van der Waals surface area contributed by atoms with Crippen molar-refractivity contribution in [1.82, 2.24) is 10.0 Å². The molecule has 1 fully saturated rings. The van der Waals surface area contributed by atoms with Crippen LogP contribution in [0, 0.1) is 5.92 Å². The molecule has 0 bridgehead atoms. The molecule has 1 aliphatic rings. The van der Waals surface area contributed by atoms with Crippen LogP contribution in [0.3, 0.4) is 0 Å². The van der Waals surface area contributed by atoms with Gasteiger partial charge in [-0.15, -0.1) is 0 Å². The minimum Gasteiger partial charge on any atom is -0.423 e. The maximum absolute atomic E-state index is 12.5. The molecule has 0 aliphatic carbocycles. The van der Waals surface area contributed by atoms with Gasteiger partial charge in [0.1, 0.15) is 5.58 Å². The maximum Gasteiger partial charge on any atom is 0.336 e. The third-order valence-electron chi connectivity index (χ3n) is 4.04. The molecule has 2 unspecified atom stereocenters. The van der Waals surface area contributed by atoms with E-state index in [2.05, 4.69) is 10.0 Å². The molecule has 2 atom stereocenters. The zero-order chi connectivity index (χ0) is 15.7. The largest absolute Gasteiger partial charge is 0.423 e. The van der Waals surface area contributed by atoms with Crippen molar-refractivity contribution in [1.29, 1.82) is 0 Å². The Labute approximate surface area is 128 Å². The highest BCUT2D eigenvalue weighted by molar-refractivity contribution is 7.89. The van der Waals surface area contributed by atoms with Crippen molar-refractivity contribution >= 4 is 21.0 Å². The average Bonchev–Trinajstić information content (AvgIpc) is 2.49. The predicted molar refractivity (Wildman–Crippen MR) is 83.2 cm³/mol. The van der Waals surface area contributed by atoms with E-state index in [1.165, 1.54) is 24.3 Å². The molecule has 0 saturated carbocycles. The lowest BCUT2D eigenvalue weighted by Crippen LogP contribution is -2.50. The number of benzene rings is 1. The third kappa shape index (κ3) is 3.06. The number of fused-ring (bicyclic) bond motifs is 1. The Hall–Kier alpha value is -1.70. The lowest BCUT2D eigenvalue weighted by molar-refractivity contribution is 0.327. The molecule has 1 aromatic carbocycles. The van der Waals surface area contributed by atoms with Crippen LogP contribution in [0.5, 0.6) is 0 Å². The minimum atomic E-state index is -3.60. The lowest BCUT2D eigenvalue weighted by Gasteiger charge is -2.29. The minimum absolute atomic E-state index is 0.122. The van der Waals surface area contributed by atoms with Crippen LogP contribution < -0.4 is 15.7 Å². The summed E-state index contributed by atoms with van der Waals surface area (Å²) >= 11 is 0. The van der Waals surface area contributed by atoms with Gasteiger partial charge in [0.2, 0.25) is 10.0 Å². The van der Waals surface area contributed by atoms with Gasteiger partial charge >= 0.3 is 5.63 Å². The van der Waals surface area contributed by atoms with Crippen LogP contribution in [0.1, 0.15) is 13.3 Å². The Balaban J connectivity index is 1.91. The van der Waals surface area contributed by atoms with Gasteiger partial charge in [-0.05, 0) is 43.1 Å². The Kier molecular flexibility index (Phi) is 4.03. The number of nitrogens with one attached hydrogen (secondary N) is 2. The second-order valence-electron chi connectivity index (χ2n) is 5.65. The third-order valence-corrected chi connectivity index (χ3v) is 5.52. The molecule has 0 spiro atoms. The first-order valence-corrected chi connectivity index (χ1v) is 8.71. The van der Waals surface area contributed by atoms with Crippen molar-refractivity contribution in [2.45, 2.75) is 24.3 Å². The highest BCUT2D eigenvalue weighted by atomic mass is 32.2. The van der Waals surface area contributed by atoms with Crippen molar-refractivity contribution < 1.29 is 12.8 Å². The van der Waals surface area contributed by atoms with Crippen molar-refractivity contribution in [2.24, 2.45) is 5.92 Å². The van der Waals surface area contributed by atoms with E-state index in [9.17, 15) is 13.2 Å². The molecule has 2 N–H and O–H groups in total. The van der Waals surface area contributed by atoms with Gasteiger partial charge in [-0.25, -0.2) is 17.9 Å². The van der Waals surface area contributed by atoms with Crippen LogP contribution in [-0.4, -0.2) is 27.5 Å². The first kappa shape index (κ1) is 15.2. The summed E-state index contributed by atoms with van der Waals surface area (Å²) < 4.78 is 32.8. The molecule has 7 heteroatoms. The summed E-state index contributed by atoms with van der Waals surface area (Å²) in [6.07, 6.45) is 0.941. The molecule has 118 valence electrons. The zero-order valence-corrected chi connectivity index (χ0v) is 13.0. The van der Waals surface area contributed by atoms with Crippen molar-refractivity contribution in [3.63, 3.8) is 0 Å². The molecule has 6 nitrogen and oxygen atoms in total. The van der Waals surface area contributed by atoms with Crippen LogP contribution in [0.15, 0.2) is 44.4 Å². The average molecular weight is 322 g/mol. The summed E-state index contributed by atoms with van der Waals surface area (Å²) in [5.41, 5.74) is -0.0810. The van der Waals surface area contributed by atoms with Crippen molar-refractivity contribution in [2.75, 3.05) is 13.1 Å². The molecule has 1 aromatic heterocycles. The SMILES string of the molecule is CC1CCNCC1NS(=O)(=O)c1ccc2oc(=O)ccc2c1. The Morgan fingerprint density at radius 1 is 1.27 bits per heavy atom. The molecule has 0 radical (unpaired) electrons. The first-order valence-electron chi connectivity index (χ1n) is 7.23. The van der Waals surface area contributed by atoms with Gasteiger partial charge in [-0.1, -0.05) is 6.92 Å². The highest BCUT2D eigenvalue weighted by Gasteiger charge is 2.26. The molecule has 0 amide bonds. The second-order valence-corrected chi connectivity index (χ2v) is 7.37. The number of hydrogen-bond acceptors (Lipinski definition) is 5. The normalized spacial score (nSPS) is 22.8. The van der Waals surface area contributed by atoms with Gasteiger partial charge in [-0.2, -0.15) is 0 Å². The van der Waals surface area contributed by atoms with E-state index in [4.69, 9.17) is 4.42 Å². The van der Waals surface area contributed by atoms with Crippen molar-refractivity contribution in [3.8, 4) is 0 Å². The highest BCUT2D eigenvalue weighted by Crippen LogP contribution is 2.20. The Bertz CT molecular complexity index is 844. The van der Waals surface area contributed by atoms with E-state index >= 15 is 0 Å². The fraction of sp³-hybridized carbons (Fsp3) is 0.400. The standard InChI is InChI=1S/C15H18N2O4S/c1-10-6-7-16-9-13(10)17-22(19,20)12-3-4-14-11(8-12)2-5-15(18)21-14/h2-5,8,10,13,16-17H,6-7,9H2,1H3. The fourth-order valence-electron chi connectivity index (χ4n) is 2.63. The van der Waals surface area contributed by atoms with Gasteiger partial charge in [-0.3, -0.25) is 0 Å². The smallest absolute Gasteiger partial charge is 0.336 e. The molecule has 2 heterocycles. The van der Waals surface area contributed by atoms with Crippen LogP contribution in [0.4, 0.5) is 0 Å². The van der Waals surface area contributed by atoms with Gasteiger partial charge in [0, 0.05) is 24.0 Å². The topological polar surface area (TPSA) is 88.4 Å². The first-order chi connectivity index (χ1) is 10.5. The molecule has 2 aromatic rings. The predicted octanol–water partition coefficient (Wildman–Crippen LogP) is 1.07. The zero-order valence-electron chi connectivity index (χ0n) is 12.2. The van der Waals surface area contributed by atoms with E-state index in [1.54, 1.807) is 6.07 Å². The summed E-state index contributed by atoms with van der Waals surface area (Å²) in [7, 11) is -3.60. The monoisotopic (exact) mass is 322 g/mol. The van der Waals surface area contributed by atoms with Crippen LogP contribution >= 0.6 is 0 Å². The number of sulfonamides is 1. The van der Waals surface area contributed by atoms with Gasteiger partial charge in [0.25, 0.3) is 0 Å². The summed E-state index contributed by atoms with van der Waals surface area (Å²) in [4.78, 5) is 11.3. The van der Waals surface area contributed by atoms with E-state index in [0.717, 1.165) is 13.0 Å². The summed E-state index contributed by atoms with van der Waals surface area (Å²) in [6, 6.07) is 7.19.